The maximum Gasteiger partial charge on any atom is 0.264 e. The summed E-state index contributed by atoms with van der Waals surface area (Å²) >= 11 is 1.56. The fourth-order valence-electron chi connectivity index (χ4n) is 3.00. The van der Waals surface area contributed by atoms with Crippen molar-refractivity contribution in [2.75, 3.05) is 29.7 Å². The van der Waals surface area contributed by atoms with Gasteiger partial charge in [0.25, 0.3) is 15.9 Å². The summed E-state index contributed by atoms with van der Waals surface area (Å²) in [5, 5.41) is 0. The summed E-state index contributed by atoms with van der Waals surface area (Å²) in [4.78, 5) is 15.2. The highest BCUT2D eigenvalue weighted by Crippen LogP contribution is 2.38. The SMILES string of the molecule is CCN(CC)C(=O)c1ccc2c(c1)N(S(=O)(=O)c1ccc(F)cc1)CCS2. The third kappa shape index (κ3) is 3.82. The molecule has 2 aromatic rings. The molecule has 2 aromatic carbocycles. The van der Waals surface area contributed by atoms with Crippen LogP contribution in [0.3, 0.4) is 0 Å². The van der Waals surface area contributed by atoms with Gasteiger partial charge in [0.2, 0.25) is 0 Å². The van der Waals surface area contributed by atoms with Gasteiger partial charge in [0, 0.05) is 35.8 Å². The van der Waals surface area contributed by atoms with Gasteiger partial charge in [-0.25, -0.2) is 12.8 Å². The molecule has 1 amide bonds. The summed E-state index contributed by atoms with van der Waals surface area (Å²) in [6, 6.07) is 9.96. The molecule has 0 spiro atoms. The molecule has 0 aliphatic carbocycles. The van der Waals surface area contributed by atoms with Crippen molar-refractivity contribution >= 4 is 33.4 Å². The lowest BCUT2D eigenvalue weighted by atomic mass is 10.1. The Hall–Kier alpha value is -2.06. The van der Waals surface area contributed by atoms with E-state index in [4.69, 9.17) is 0 Å². The van der Waals surface area contributed by atoms with Gasteiger partial charge in [-0.1, -0.05) is 0 Å². The summed E-state index contributed by atoms with van der Waals surface area (Å²) in [6.07, 6.45) is 0. The largest absolute Gasteiger partial charge is 0.339 e. The van der Waals surface area contributed by atoms with E-state index in [1.807, 2.05) is 13.8 Å². The number of benzene rings is 2. The smallest absolute Gasteiger partial charge is 0.264 e. The molecule has 0 atom stereocenters. The first-order chi connectivity index (χ1) is 12.9. The number of sulfonamides is 1. The Morgan fingerprint density at radius 1 is 1.15 bits per heavy atom. The number of rotatable bonds is 5. The van der Waals surface area contributed by atoms with Crippen LogP contribution in [0, 0.1) is 5.82 Å². The lowest BCUT2D eigenvalue weighted by molar-refractivity contribution is 0.0773. The number of amides is 1. The number of hydrogen-bond acceptors (Lipinski definition) is 4. The highest BCUT2D eigenvalue weighted by molar-refractivity contribution is 8.00. The average molecular weight is 409 g/mol. The molecule has 0 radical (unpaired) electrons. The van der Waals surface area contributed by atoms with Gasteiger partial charge in [0.05, 0.1) is 10.6 Å². The van der Waals surface area contributed by atoms with Crippen LogP contribution in [0.25, 0.3) is 0 Å². The predicted octanol–water partition coefficient (Wildman–Crippen LogP) is 3.61. The molecule has 0 bridgehead atoms. The first-order valence-electron chi connectivity index (χ1n) is 8.73. The van der Waals surface area contributed by atoms with Gasteiger partial charge in [-0.15, -0.1) is 11.8 Å². The predicted molar refractivity (Wildman–Crippen MR) is 105 cm³/mol. The van der Waals surface area contributed by atoms with Crippen molar-refractivity contribution in [2.24, 2.45) is 0 Å². The molecular weight excluding hydrogens is 387 g/mol. The Balaban J connectivity index is 2.03. The first-order valence-corrected chi connectivity index (χ1v) is 11.2. The van der Waals surface area contributed by atoms with Crippen LogP contribution in [0.5, 0.6) is 0 Å². The van der Waals surface area contributed by atoms with E-state index in [1.54, 1.807) is 34.9 Å². The van der Waals surface area contributed by atoms with Crippen molar-refractivity contribution in [3.8, 4) is 0 Å². The number of carbonyl (C=O) groups is 1. The second-order valence-electron chi connectivity index (χ2n) is 6.04. The van der Waals surface area contributed by atoms with Gasteiger partial charge >= 0.3 is 0 Å². The first kappa shape index (κ1) is 19.7. The van der Waals surface area contributed by atoms with Crippen LogP contribution in [-0.2, 0) is 10.0 Å². The molecule has 1 aliphatic heterocycles. The molecule has 1 aliphatic rings. The van der Waals surface area contributed by atoms with E-state index in [-0.39, 0.29) is 10.8 Å². The molecule has 0 unspecified atom stereocenters. The van der Waals surface area contributed by atoms with Crippen molar-refractivity contribution in [3.05, 3.63) is 53.8 Å². The highest BCUT2D eigenvalue weighted by Gasteiger charge is 2.30. The van der Waals surface area contributed by atoms with Crippen molar-refractivity contribution in [2.45, 2.75) is 23.6 Å². The Morgan fingerprint density at radius 3 is 2.44 bits per heavy atom. The van der Waals surface area contributed by atoms with E-state index in [0.717, 1.165) is 17.0 Å². The van der Waals surface area contributed by atoms with Crippen LogP contribution in [0.4, 0.5) is 10.1 Å². The minimum Gasteiger partial charge on any atom is -0.339 e. The molecule has 8 heteroatoms. The molecule has 0 aromatic heterocycles. The van der Waals surface area contributed by atoms with E-state index in [2.05, 4.69) is 0 Å². The zero-order valence-electron chi connectivity index (χ0n) is 15.2. The topological polar surface area (TPSA) is 57.7 Å². The lowest BCUT2D eigenvalue weighted by Crippen LogP contribution is -2.36. The van der Waals surface area contributed by atoms with Gasteiger partial charge in [-0.3, -0.25) is 9.10 Å². The van der Waals surface area contributed by atoms with Crippen molar-refractivity contribution in [1.82, 2.24) is 4.90 Å². The quantitative estimate of drug-likeness (QED) is 0.758. The number of fused-ring (bicyclic) bond motifs is 1. The van der Waals surface area contributed by atoms with E-state index < -0.39 is 15.8 Å². The monoisotopic (exact) mass is 408 g/mol. The fraction of sp³-hybridized carbons (Fsp3) is 0.316. The summed E-state index contributed by atoms with van der Waals surface area (Å²) in [6.45, 7) is 5.26. The van der Waals surface area contributed by atoms with Gasteiger partial charge in [0.15, 0.2) is 0 Å². The Labute approximate surface area is 163 Å². The number of nitrogens with zero attached hydrogens (tertiary/aromatic N) is 2. The molecular formula is C19H21FN2O3S2. The third-order valence-electron chi connectivity index (χ3n) is 4.48. The van der Waals surface area contributed by atoms with Crippen LogP contribution < -0.4 is 4.31 Å². The normalized spacial score (nSPS) is 14.0. The number of carbonyl (C=O) groups excluding carboxylic acids is 1. The van der Waals surface area contributed by atoms with Crippen LogP contribution in [0.15, 0.2) is 52.3 Å². The van der Waals surface area contributed by atoms with Crippen LogP contribution in [0.2, 0.25) is 0 Å². The fourth-order valence-corrected chi connectivity index (χ4v) is 5.63. The number of anilines is 1. The molecule has 0 saturated heterocycles. The van der Waals surface area contributed by atoms with E-state index in [0.29, 0.717) is 36.6 Å². The number of thioether (sulfide) groups is 1. The van der Waals surface area contributed by atoms with Crippen LogP contribution in [-0.4, -0.2) is 44.6 Å². The standard InChI is InChI=1S/C19H21FN2O3S2/c1-3-21(4-2)19(23)14-5-10-18-17(13-14)22(11-12-26-18)27(24,25)16-8-6-15(20)7-9-16/h5-10,13H,3-4,11-12H2,1-2H3. The van der Waals surface area contributed by atoms with E-state index in [9.17, 15) is 17.6 Å². The molecule has 27 heavy (non-hydrogen) atoms. The molecule has 144 valence electrons. The molecule has 0 saturated carbocycles. The number of halogens is 1. The zero-order chi connectivity index (χ0) is 19.6. The number of hydrogen-bond donors (Lipinski definition) is 0. The summed E-state index contributed by atoms with van der Waals surface area (Å²) in [5.41, 5.74) is 0.952. The van der Waals surface area contributed by atoms with Gasteiger partial charge in [-0.05, 0) is 56.3 Å². The zero-order valence-corrected chi connectivity index (χ0v) is 16.8. The maximum absolute atomic E-state index is 13.2. The summed E-state index contributed by atoms with van der Waals surface area (Å²) in [5.74, 6) is -0.00955. The summed E-state index contributed by atoms with van der Waals surface area (Å²) < 4.78 is 40.7. The van der Waals surface area contributed by atoms with Gasteiger partial charge < -0.3 is 4.90 Å². The molecule has 1 heterocycles. The third-order valence-corrected chi connectivity index (χ3v) is 7.35. The van der Waals surface area contributed by atoms with E-state index >= 15 is 0 Å². The van der Waals surface area contributed by atoms with E-state index in [1.165, 1.54) is 16.4 Å². The lowest BCUT2D eigenvalue weighted by Gasteiger charge is -2.30. The Kier molecular flexibility index (Phi) is 5.76. The highest BCUT2D eigenvalue weighted by atomic mass is 32.2. The Morgan fingerprint density at radius 2 is 1.81 bits per heavy atom. The second kappa shape index (κ2) is 7.90. The minimum absolute atomic E-state index is 0.0298. The van der Waals surface area contributed by atoms with Gasteiger partial charge in [-0.2, -0.15) is 0 Å². The second-order valence-corrected chi connectivity index (χ2v) is 9.04. The average Bonchev–Trinajstić information content (AvgIpc) is 2.68. The summed E-state index contributed by atoms with van der Waals surface area (Å²) in [7, 11) is -3.84. The maximum atomic E-state index is 13.2. The Bertz CT molecular complexity index is 942. The van der Waals surface area contributed by atoms with Crippen LogP contribution in [0.1, 0.15) is 24.2 Å². The molecule has 0 N–H and O–H groups in total. The van der Waals surface area contributed by atoms with Crippen LogP contribution >= 0.6 is 11.8 Å². The molecule has 3 rings (SSSR count). The van der Waals surface area contributed by atoms with Crippen molar-refractivity contribution < 1.29 is 17.6 Å². The molecule has 5 nitrogen and oxygen atoms in total. The minimum atomic E-state index is -3.84. The van der Waals surface area contributed by atoms with Crippen molar-refractivity contribution in [3.63, 3.8) is 0 Å². The molecule has 0 fully saturated rings. The van der Waals surface area contributed by atoms with Gasteiger partial charge in [0.1, 0.15) is 5.82 Å². The van der Waals surface area contributed by atoms with Crippen molar-refractivity contribution in [1.29, 1.82) is 0 Å².